The van der Waals surface area contributed by atoms with Crippen molar-refractivity contribution in [1.82, 2.24) is 15.5 Å². The molecule has 3 amide bonds. The van der Waals surface area contributed by atoms with E-state index in [1.54, 1.807) is 23.1 Å². The second-order valence-electron chi connectivity index (χ2n) is 8.87. The van der Waals surface area contributed by atoms with Gasteiger partial charge in [-0.15, -0.1) is 0 Å². The van der Waals surface area contributed by atoms with Crippen molar-refractivity contribution >= 4 is 17.6 Å². The number of ether oxygens (including phenoxy) is 4. The lowest BCUT2D eigenvalue weighted by Gasteiger charge is -2.34. The molecule has 1 fully saturated rings. The lowest BCUT2D eigenvalue weighted by atomic mass is 10.0. The molecule has 0 spiro atoms. The molecule has 2 aliphatic heterocycles. The number of aliphatic hydroxyl groups is 2. The minimum Gasteiger partial charge on any atom is -0.379 e. The number of benzene rings is 1. The monoisotopic (exact) mass is 524 g/mol. The first-order chi connectivity index (χ1) is 18.0. The Morgan fingerprint density at radius 1 is 1.00 bits per heavy atom. The van der Waals surface area contributed by atoms with E-state index in [0.29, 0.717) is 83.4 Å². The van der Waals surface area contributed by atoms with Crippen LogP contribution in [0.15, 0.2) is 18.2 Å². The van der Waals surface area contributed by atoms with Crippen molar-refractivity contribution in [3.63, 3.8) is 0 Å². The van der Waals surface area contributed by atoms with Gasteiger partial charge in [-0.05, 0) is 30.9 Å². The molecule has 12 heteroatoms. The van der Waals surface area contributed by atoms with Gasteiger partial charge < -0.3 is 45.1 Å². The average Bonchev–Trinajstić information content (AvgIpc) is 3.21. The van der Waals surface area contributed by atoms with Crippen LogP contribution in [0.25, 0.3) is 0 Å². The molecule has 0 saturated carbocycles. The van der Waals surface area contributed by atoms with Crippen molar-refractivity contribution in [2.75, 3.05) is 64.7 Å². The van der Waals surface area contributed by atoms with Crippen LogP contribution in [0, 0.1) is 0 Å². The van der Waals surface area contributed by atoms with Crippen LogP contribution in [0.4, 0.5) is 10.5 Å². The highest BCUT2D eigenvalue weighted by Crippen LogP contribution is 2.38. The predicted octanol–water partition coefficient (Wildman–Crippen LogP) is 0.688. The lowest BCUT2D eigenvalue weighted by molar-refractivity contribution is -0.139. The first-order valence-corrected chi connectivity index (χ1v) is 12.9. The highest BCUT2D eigenvalue weighted by molar-refractivity contribution is 5.90. The first kappa shape index (κ1) is 29.2. The number of nitrogens with zero attached hydrogens (tertiary/aromatic N) is 1. The topological polar surface area (TPSA) is 151 Å². The molecule has 3 rings (SSSR count). The van der Waals surface area contributed by atoms with Gasteiger partial charge in [-0.25, -0.2) is 4.79 Å². The molecule has 1 aromatic rings. The van der Waals surface area contributed by atoms with Crippen molar-refractivity contribution in [3.05, 3.63) is 29.3 Å². The van der Waals surface area contributed by atoms with E-state index in [9.17, 15) is 19.8 Å². The van der Waals surface area contributed by atoms with E-state index >= 15 is 0 Å². The van der Waals surface area contributed by atoms with Gasteiger partial charge in [0.15, 0.2) is 0 Å². The molecule has 12 nitrogen and oxygen atoms in total. The summed E-state index contributed by atoms with van der Waals surface area (Å²) in [7, 11) is 0. The van der Waals surface area contributed by atoms with Gasteiger partial charge >= 0.3 is 6.03 Å². The molecule has 5 N–H and O–H groups in total. The van der Waals surface area contributed by atoms with Crippen molar-refractivity contribution in [3.8, 4) is 0 Å². The second-order valence-corrected chi connectivity index (χ2v) is 8.87. The molecular weight excluding hydrogens is 484 g/mol. The Labute approximate surface area is 217 Å². The maximum absolute atomic E-state index is 12.4. The van der Waals surface area contributed by atoms with Gasteiger partial charge in [0, 0.05) is 30.9 Å². The van der Waals surface area contributed by atoms with Gasteiger partial charge in [0.2, 0.25) is 5.91 Å². The molecule has 0 aromatic heterocycles. The third-order valence-electron chi connectivity index (χ3n) is 6.12. The highest BCUT2D eigenvalue weighted by Gasteiger charge is 2.40. The summed E-state index contributed by atoms with van der Waals surface area (Å²) in [6.07, 6.45) is 0.0325. The molecule has 2 heterocycles. The fraction of sp³-hybridized carbons (Fsp3) is 0.680. The van der Waals surface area contributed by atoms with Crippen LogP contribution in [-0.4, -0.2) is 98.7 Å². The van der Waals surface area contributed by atoms with Crippen molar-refractivity contribution in [2.24, 2.45) is 0 Å². The number of fused-ring (bicyclic) bond motifs is 1. The SMILES string of the molecule is CCCOCCOCCOCCOCCNC(=O)Nc1cccc2c1CN(C1CCC(O)NC1=O)C2O. The average molecular weight is 525 g/mol. The number of aliphatic hydroxyl groups excluding tert-OH is 2. The number of urea groups is 1. The number of piperidine rings is 1. The summed E-state index contributed by atoms with van der Waals surface area (Å²) in [5.74, 6) is -0.315. The quantitative estimate of drug-likeness (QED) is 0.197. The molecule has 0 bridgehead atoms. The van der Waals surface area contributed by atoms with Crippen LogP contribution >= 0.6 is 0 Å². The maximum Gasteiger partial charge on any atom is 0.319 e. The number of hydrogen-bond donors (Lipinski definition) is 5. The van der Waals surface area contributed by atoms with Gasteiger partial charge in [-0.1, -0.05) is 19.1 Å². The summed E-state index contributed by atoms with van der Waals surface area (Å²) in [5, 5.41) is 28.5. The molecule has 0 radical (unpaired) electrons. The molecule has 3 atom stereocenters. The summed E-state index contributed by atoms with van der Waals surface area (Å²) in [4.78, 5) is 26.4. The molecule has 1 saturated heterocycles. The first-order valence-electron chi connectivity index (χ1n) is 12.9. The fourth-order valence-corrected chi connectivity index (χ4v) is 4.27. The minimum absolute atomic E-state index is 0.307. The Morgan fingerprint density at radius 2 is 1.65 bits per heavy atom. The number of carbonyl (C=O) groups is 2. The predicted molar refractivity (Wildman–Crippen MR) is 135 cm³/mol. The molecule has 1 aromatic carbocycles. The number of anilines is 1. The summed E-state index contributed by atoms with van der Waals surface area (Å²) in [5.41, 5.74) is 1.98. The number of hydrogen-bond acceptors (Lipinski definition) is 9. The minimum atomic E-state index is -0.965. The van der Waals surface area contributed by atoms with Gasteiger partial charge in [0.05, 0.1) is 52.3 Å². The molecular formula is C25H40N4O8. The summed E-state index contributed by atoms with van der Waals surface area (Å²) in [6, 6.07) is 4.35. The summed E-state index contributed by atoms with van der Waals surface area (Å²) < 4.78 is 21.6. The lowest BCUT2D eigenvalue weighted by Crippen LogP contribution is -2.53. The van der Waals surface area contributed by atoms with Crippen LogP contribution in [0.3, 0.4) is 0 Å². The summed E-state index contributed by atoms with van der Waals surface area (Å²) >= 11 is 0. The smallest absolute Gasteiger partial charge is 0.319 e. The largest absolute Gasteiger partial charge is 0.379 e. The molecule has 208 valence electrons. The number of rotatable bonds is 16. The van der Waals surface area contributed by atoms with Gasteiger partial charge in [-0.2, -0.15) is 0 Å². The van der Waals surface area contributed by atoms with Crippen LogP contribution < -0.4 is 16.0 Å². The van der Waals surface area contributed by atoms with Crippen molar-refractivity contribution < 1.29 is 38.7 Å². The number of carbonyl (C=O) groups excluding carboxylic acids is 2. The van der Waals surface area contributed by atoms with Crippen LogP contribution in [0.5, 0.6) is 0 Å². The Morgan fingerprint density at radius 3 is 2.30 bits per heavy atom. The maximum atomic E-state index is 12.4. The Kier molecular flexibility index (Phi) is 12.5. The Hall–Kier alpha value is -2.32. The van der Waals surface area contributed by atoms with Crippen LogP contribution in [0.1, 0.15) is 43.5 Å². The number of amides is 3. The molecule has 37 heavy (non-hydrogen) atoms. The fourth-order valence-electron chi connectivity index (χ4n) is 4.27. The van der Waals surface area contributed by atoms with Crippen LogP contribution in [0.2, 0.25) is 0 Å². The zero-order chi connectivity index (χ0) is 26.5. The van der Waals surface area contributed by atoms with E-state index in [1.165, 1.54) is 0 Å². The van der Waals surface area contributed by atoms with Crippen LogP contribution in [-0.2, 0) is 30.3 Å². The number of nitrogens with one attached hydrogen (secondary N) is 3. The normalized spacial score (nSPS) is 21.5. The van der Waals surface area contributed by atoms with E-state index in [-0.39, 0.29) is 11.9 Å². The highest BCUT2D eigenvalue weighted by atomic mass is 16.6. The third kappa shape index (κ3) is 9.18. The van der Waals surface area contributed by atoms with E-state index in [4.69, 9.17) is 18.9 Å². The molecule has 3 unspecified atom stereocenters. The Balaban J connectivity index is 1.29. The van der Waals surface area contributed by atoms with Gasteiger partial charge in [0.1, 0.15) is 12.5 Å². The van der Waals surface area contributed by atoms with E-state index in [2.05, 4.69) is 22.9 Å². The second kappa shape index (κ2) is 15.8. The van der Waals surface area contributed by atoms with Crippen molar-refractivity contribution in [2.45, 2.75) is 51.2 Å². The molecule has 2 aliphatic rings. The Bertz CT molecular complexity index is 858. The standard InChI is InChI=1S/C25H40N4O8/c1-2-9-34-11-13-36-15-16-37-14-12-35-10-8-26-25(33)27-20-5-3-4-18-19(20)17-29(24(18)32)21-6-7-22(30)28-23(21)31/h3-5,21-22,24,30,32H,2,6-17H2,1H3,(H,28,31)(H2,26,27,33). The van der Waals surface area contributed by atoms with E-state index < -0.39 is 18.5 Å². The van der Waals surface area contributed by atoms with E-state index in [0.717, 1.165) is 18.6 Å². The van der Waals surface area contributed by atoms with E-state index in [1.807, 2.05) is 0 Å². The zero-order valence-electron chi connectivity index (χ0n) is 21.4. The zero-order valence-corrected chi connectivity index (χ0v) is 21.4. The molecule has 0 aliphatic carbocycles. The third-order valence-corrected chi connectivity index (χ3v) is 6.12. The summed E-state index contributed by atoms with van der Waals surface area (Å²) in [6.45, 7) is 6.77. The van der Waals surface area contributed by atoms with Gasteiger partial charge in [0.25, 0.3) is 0 Å². The van der Waals surface area contributed by atoms with Crippen molar-refractivity contribution in [1.29, 1.82) is 0 Å². The van der Waals surface area contributed by atoms with Gasteiger partial charge in [-0.3, -0.25) is 9.69 Å².